The SMILES string of the molecule is Cc1nc(N2CCC(C(C)C)CC2)ccc1Nc1ccc(CNC(=O)C2CCNC2=O)cc1. The third-order valence-electron chi connectivity index (χ3n) is 6.94. The minimum absolute atomic E-state index is 0.179. The van der Waals surface area contributed by atoms with Gasteiger partial charge in [0.25, 0.3) is 0 Å². The number of amides is 2. The van der Waals surface area contributed by atoms with Gasteiger partial charge in [-0.2, -0.15) is 0 Å². The van der Waals surface area contributed by atoms with E-state index in [-0.39, 0.29) is 11.8 Å². The summed E-state index contributed by atoms with van der Waals surface area (Å²) in [5, 5.41) is 9.00. The van der Waals surface area contributed by atoms with Crippen LogP contribution in [0.3, 0.4) is 0 Å². The molecule has 2 aliphatic rings. The van der Waals surface area contributed by atoms with Crippen LogP contribution in [0.2, 0.25) is 0 Å². The zero-order valence-electron chi connectivity index (χ0n) is 19.9. The van der Waals surface area contributed by atoms with Crippen LogP contribution in [0.15, 0.2) is 36.4 Å². The molecule has 0 radical (unpaired) electrons. The molecule has 0 saturated carbocycles. The van der Waals surface area contributed by atoms with Gasteiger partial charge >= 0.3 is 0 Å². The first-order chi connectivity index (χ1) is 15.9. The highest BCUT2D eigenvalue weighted by molar-refractivity contribution is 6.01. The van der Waals surface area contributed by atoms with Crippen LogP contribution in [0.1, 0.15) is 44.4 Å². The van der Waals surface area contributed by atoms with E-state index in [1.807, 2.05) is 31.2 Å². The molecule has 2 aliphatic heterocycles. The Hall–Kier alpha value is -3.09. The highest BCUT2D eigenvalue weighted by Crippen LogP contribution is 2.29. The van der Waals surface area contributed by atoms with Gasteiger partial charge in [0, 0.05) is 31.9 Å². The zero-order valence-corrected chi connectivity index (χ0v) is 19.9. The summed E-state index contributed by atoms with van der Waals surface area (Å²) in [6, 6.07) is 12.2. The van der Waals surface area contributed by atoms with Crippen molar-refractivity contribution >= 4 is 29.0 Å². The average Bonchev–Trinajstić information content (AvgIpc) is 3.25. The van der Waals surface area contributed by atoms with Crippen LogP contribution in [-0.4, -0.2) is 36.4 Å². The van der Waals surface area contributed by atoms with E-state index in [9.17, 15) is 9.59 Å². The third-order valence-corrected chi connectivity index (χ3v) is 6.94. The molecule has 0 aliphatic carbocycles. The summed E-state index contributed by atoms with van der Waals surface area (Å²) in [6.07, 6.45) is 3.04. The lowest BCUT2D eigenvalue weighted by atomic mass is 9.87. The van der Waals surface area contributed by atoms with E-state index in [1.54, 1.807) is 0 Å². The molecular weight excluding hydrogens is 414 g/mol. The van der Waals surface area contributed by atoms with Crippen LogP contribution in [0.5, 0.6) is 0 Å². The number of hydrogen-bond acceptors (Lipinski definition) is 5. The molecule has 1 atom stereocenters. The number of aromatic nitrogens is 1. The average molecular weight is 450 g/mol. The second kappa shape index (κ2) is 10.2. The molecule has 2 saturated heterocycles. The number of anilines is 3. The second-order valence-electron chi connectivity index (χ2n) is 9.54. The van der Waals surface area contributed by atoms with Crippen molar-refractivity contribution in [1.29, 1.82) is 0 Å². The van der Waals surface area contributed by atoms with Crippen molar-refractivity contribution in [2.24, 2.45) is 17.8 Å². The van der Waals surface area contributed by atoms with Gasteiger partial charge in [0.1, 0.15) is 11.7 Å². The molecule has 176 valence electrons. The molecule has 33 heavy (non-hydrogen) atoms. The van der Waals surface area contributed by atoms with Crippen LogP contribution in [0, 0.1) is 24.7 Å². The zero-order chi connectivity index (χ0) is 23.4. The lowest BCUT2D eigenvalue weighted by Gasteiger charge is -2.34. The molecule has 0 spiro atoms. The van der Waals surface area contributed by atoms with E-state index in [0.29, 0.717) is 19.5 Å². The summed E-state index contributed by atoms with van der Waals surface area (Å²) in [7, 11) is 0. The maximum atomic E-state index is 12.2. The topological polar surface area (TPSA) is 86.4 Å². The van der Waals surface area contributed by atoms with E-state index in [4.69, 9.17) is 4.98 Å². The number of carbonyl (C=O) groups excluding carboxylic acids is 2. The van der Waals surface area contributed by atoms with Crippen molar-refractivity contribution in [2.75, 3.05) is 29.9 Å². The summed E-state index contributed by atoms with van der Waals surface area (Å²) < 4.78 is 0. The van der Waals surface area contributed by atoms with E-state index in [1.165, 1.54) is 12.8 Å². The van der Waals surface area contributed by atoms with E-state index in [0.717, 1.165) is 53.4 Å². The summed E-state index contributed by atoms with van der Waals surface area (Å²) in [4.78, 5) is 31.1. The Morgan fingerprint density at radius 1 is 1.12 bits per heavy atom. The van der Waals surface area contributed by atoms with E-state index < -0.39 is 5.92 Å². The Morgan fingerprint density at radius 2 is 1.85 bits per heavy atom. The summed E-state index contributed by atoms with van der Waals surface area (Å²) in [6.45, 7) is 9.81. The Kier molecular flexibility index (Phi) is 7.16. The monoisotopic (exact) mass is 449 g/mol. The van der Waals surface area contributed by atoms with Gasteiger partial charge < -0.3 is 20.9 Å². The Balaban J connectivity index is 1.30. The highest BCUT2D eigenvalue weighted by atomic mass is 16.2. The van der Waals surface area contributed by atoms with Crippen LogP contribution in [-0.2, 0) is 16.1 Å². The maximum Gasteiger partial charge on any atom is 0.232 e. The quantitative estimate of drug-likeness (QED) is 0.561. The number of benzene rings is 1. The number of rotatable bonds is 7. The Labute approximate surface area is 196 Å². The number of hydrogen-bond donors (Lipinski definition) is 3. The predicted molar refractivity (Wildman–Crippen MR) is 131 cm³/mol. The number of nitrogens with one attached hydrogen (secondary N) is 3. The number of pyridine rings is 1. The van der Waals surface area contributed by atoms with Gasteiger partial charge in [-0.05, 0) is 67.9 Å². The normalized spacial score (nSPS) is 19.0. The number of aryl methyl sites for hydroxylation is 1. The Bertz CT molecular complexity index is 981. The van der Waals surface area contributed by atoms with Gasteiger partial charge in [-0.3, -0.25) is 9.59 Å². The molecule has 1 aromatic heterocycles. The van der Waals surface area contributed by atoms with Crippen molar-refractivity contribution in [3.8, 4) is 0 Å². The number of carbonyl (C=O) groups is 2. The minimum atomic E-state index is -0.564. The van der Waals surface area contributed by atoms with Crippen LogP contribution in [0.4, 0.5) is 17.2 Å². The van der Waals surface area contributed by atoms with Crippen LogP contribution < -0.4 is 20.9 Å². The first-order valence-corrected chi connectivity index (χ1v) is 12.0. The molecule has 3 N–H and O–H groups in total. The first kappa shape index (κ1) is 23.1. The van der Waals surface area contributed by atoms with Gasteiger partial charge in [-0.15, -0.1) is 0 Å². The fourth-order valence-electron chi connectivity index (χ4n) is 4.67. The predicted octanol–water partition coefficient (Wildman–Crippen LogP) is 3.76. The summed E-state index contributed by atoms with van der Waals surface area (Å²) in [5.74, 6) is 1.68. The molecule has 7 heteroatoms. The molecule has 2 fully saturated rings. The first-order valence-electron chi connectivity index (χ1n) is 12.0. The second-order valence-corrected chi connectivity index (χ2v) is 9.54. The lowest BCUT2D eigenvalue weighted by Crippen LogP contribution is -2.35. The van der Waals surface area contributed by atoms with Crippen molar-refractivity contribution in [3.05, 3.63) is 47.7 Å². The number of nitrogens with zero attached hydrogens (tertiary/aromatic N) is 2. The maximum absolute atomic E-state index is 12.2. The van der Waals surface area contributed by atoms with Gasteiger partial charge in [0.05, 0.1) is 11.4 Å². The molecule has 7 nitrogen and oxygen atoms in total. The molecule has 1 unspecified atom stereocenters. The molecular formula is C26H35N5O2. The molecule has 3 heterocycles. The third kappa shape index (κ3) is 5.64. The van der Waals surface area contributed by atoms with Gasteiger partial charge in [-0.25, -0.2) is 4.98 Å². The van der Waals surface area contributed by atoms with Gasteiger partial charge in [0.2, 0.25) is 11.8 Å². The Morgan fingerprint density at radius 3 is 2.45 bits per heavy atom. The number of piperidine rings is 1. The van der Waals surface area contributed by atoms with E-state index >= 15 is 0 Å². The molecule has 2 amide bonds. The standard InChI is InChI=1S/C26H35N5O2/c1-17(2)20-11-14-31(15-12-20)24-9-8-23(18(3)29-24)30-21-6-4-19(5-7-21)16-28-26(33)22-10-13-27-25(22)32/h4-9,17,20,22,30H,10-16H2,1-3H3,(H,27,32)(H,28,33). The molecule has 0 bridgehead atoms. The van der Waals surface area contributed by atoms with Crippen molar-refractivity contribution in [1.82, 2.24) is 15.6 Å². The van der Waals surface area contributed by atoms with Crippen molar-refractivity contribution in [3.63, 3.8) is 0 Å². The lowest BCUT2D eigenvalue weighted by molar-refractivity contribution is -0.133. The highest BCUT2D eigenvalue weighted by Gasteiger charge is 2.30. The van der Waals surface area contributed by atoms with Crippen LogP contribution >= 0.6 is 0 Å². The fourth-order valence-corrected chi connectivity index (χ4v) is 4.67. The molecule has 4 rings (SSSR count). The van der Waals surface area contributed by atoms with Crippen molar-refractivity contribution in [2.45, 2.75) is 46.6 Å². The molecule has 1 aromatic carbocycles. The minimum Gasteiger partial charge on any atom is -0.357 e. The smallest absolute Gasteiger partial charge is 0.232 e. The van der Waals surface area contributed by atoms with E-state index in [2.05, 4.69) is 46.8 Å². The molecule has 2 aromatic rings. The summed E-state index contributed by atoms with van der Waals surface area (Å²) >= 11 is 0. The van der Waals surface area contributed by atoms with Crippen LogP contribution in [0.25, 0.3) is 0 Å². The van der Waals surface area contributed by atoms with Gasteiger partial charge in [-0.1, -0.05) is 26.0 Å². The van der Waals surface area contributed by atoms with Gasteiger partial charge in [0.15, 0.2) is 0 Å². The summed E-state index contributed by atoms with van der Waals surface area (Å²) in [5.41, 5.74) is 3.92. The fraction of sp³-hybridized carbons (Fsp3) is 0.500. The largest absolute Gasteiger partial charge is 0.357 e. The van der Waals surface area contributed by atoms with Crippen molar-refractivity contribution < 1.29 is 9.59 Å².